The Hall–Kier alpha value is -2.08. The van der Waals surface area contributed by atoms with E-state index < -0.39 is 12.6 Å². The van der Waals surface area contributed by atoms with Crippen molar-refractivity contribution < 1.29 is 24.2 Å². The lowest BCUT2D eigenvalue weighted by molar-refractivity contribution is -0.142. The van der Waals surface area contributed by atoms with Gasteiger partial charge in [-0.3, -0.25) is 4.79 Å². The minimum atomic E-state index is -1.06. The molecule has 0 spiro atoms. The first kappa shape index (κ1) is 14.0. The Balaban J connectivity index is 2.37. The van der Waals surface area contributed by atoms with Crippen LogP contribution in [0.1, 0.15) is 6.42 Å². The monoisotopic (exact) mass is 253 g/mol. The number of carboxylic acids is 1. The molecule has 0 saturated carbocycles. The molecular formula is C12H15NO5. The minimum Gasteiger partial charge on any atom is -0.495 e. The SMILES string of the molecule is COc1ccccc1NC(=O)CCOCC(=O)O. The number of hydrogen-bond acceptors (Lipinski definition) is 4. The Bertz CT molecular complexity index is 419. The zero-order chi connectivity index (χ0) is 13.4. The number of carbonyl (C=O) groups is 2. The molecule has 0 aromatic heterocycles. The van der Waals surface area contributed by atoms with Crippen molar-refractivity contribution in [2.75, 3.05) is 25.6 Å². The van der Waals surface area contributed by atoms with Crippen LogP contribution in [-0.4, -0.2) is 37.3 Å². The number of methoxy groups -OCH3 is 1. The Morgan fingerprint density at radius 1 is 1.33 bits per heavy atom. The molecule has 98 valence electrons. The highest BCUT2D eigenvalue weighted by atomic mass is 16.5. The molecule has 0 bridgehead atoms. The summed E-state index contributed by atoms with van der Waals surface area (Å²) in [6.07, 6.45) is 0.0886. The van der Waals surface area contributed by atoms with Gasteiger partial charge in [-0.05, 0) is 12.1 Å². The third kappa shape index (κ3) is 4.84. The van der Waals surface area contributed by atoms with Gasteiger partial charge in [0.15, 0.2) is 0 Å². The normalized spacial score (nSPS) is 9.83. The summed E-state index contributed by atoms with van der Waals surface area (Å²) in [6.45, 7) is -0.338. The van der Waals surface area contributed by atoms with E-state index >= 15 is 0 Å². The molecule has 0 saturated heterocycles. The smallest absolute Gasteiger partial charge is 0.329 e. The van der Waals surface area contributed by atoms with Crippen molar-refractivity contribution in [3.8, 4) is 5.75 Å². The van der Waals surface area contributed by atoms with Crippen molar-refractivity contribution in [3.05, 3.63) is 24.3 Å². The van der Waals surface area contributed by atoms with Gasteiger partial charge in [-0.1, -0.05) is 12.1 Å². The molecule has 0 aliphatic heterocycles. The van der Waals surface area contributed by atoms with Gasteiger partial charge in [0.25, 0.3) is 0 Å². The highest BCUT2D eigenvalue weighted by molar-refractivity contribution is 5.92. The second kappa shape index (κ2) is 7.29. The summed E-state index contributed by atoms with van der Waals surface area (Å²) in [5.41, 5.74) is 0.572. The molecule has 1 amide bonds. The van der Waals surface area contributed by atoms with Gasteiger partial charge in [0, 0.05) is 0 Å². The molecule has 0 radical (unpaired) electrons. The molecule has 6 nitrogen and oxygen atoms in total. The van der Waals surface area contributed by atoms with Crippen LogP contribution in [0, 0.1) is 0 Å². The van der Waals surface area contributed by atoms with Crippen LogP contribution in [0.4, 0.5) is 5.69 Å². The Morgan fingerprint density at radius 3 is 2.72 bits per heavy atom. The number of carboxylic acid groups (broad SMARTS) is 1. The lowest BCUT2D eigenvalue weighted by atomic mass is 10.3. The second-order valence-electron chi connectivity index (χ2n) is 3.44. The third-order valence-electron chi connectivity index (χ3n) is 2.08. The zero-order valence-corrected chi connectivity index (χ0v) is 10.0. The average Bonchev–Trinajstić information content (AvgIpc) is 2.35. The maximum Gasteiger partial charge on any atom is 0.329 e. The average molecular weight is 253 g/mol. The number of aliphatic carboxylic acids is 1. The van der Waals surface area contributed by atoms with E-state index in [9.17, 15) is 9.59 Å². The highest BCUT2D eigenvalue weighted by Crippen LogP contribution is 2.22. The Kier molecular flexibility index (Phi) is 5.66. The molecule has 1 aromatic rings. The molecule has 0 aliphatic carbocycles. The number of para-hydroxylation sites is 2. The molecular weight excluding hydrogens is 238 g/mol. The molecule has 6 heteroatoms. The highest BCUT2D eigenvalue weighted by Gasteiger charge is 2.07. The molecule has 0 fully saturated rings. The van der Waals surface area contributed by atoms with Crippen LogP contribution < -0.4 is 10.1 Å². The predicted octanol–water partition coefficient (Wildman–Crippen LogP) is 1.12. The largest absolute Gasteiger partial charge is 0.495 e. The number of benzene rings is 1. The zero-order valence-electron chi connectivity index (χ0n) is 10.0. The molecule has 18 heavy (non-hydrogen) atoms. The van der Waals surface area contributed by atoms with Crippen LogP contribution in [-0.2, 0) is 14.3 Å². The number of amides is 1. The van der Waals surface area contributed by atoms with Gasteiger partial charge >= 0.3 is 5.97 Å². The molecule has 1 rings (SSSR count). The van der Waals surface area contributed by atoms with Crippen LogP contribution in [0.15, 0.2) is 24.3 Å². The van der Waals surface area contributed by atoms with Crippen molar-refractivity contribution in [2.24, 2.45) is 0 Å². The fraction of sp³-hybridized carbons (Fsp3) is 0.333. The molecule has 0 unspecified atom stereocenters. The van der Waals surface area contributed by atoms with Crippen LogP contribution >= 0.6 is 0 Å². The van der Waals surface area contributed by atoms with Crippen molar-refractivity contribution in [1.82, 2.24) is 0 Å². The lowest BCUT2D eigenvalue weighted by Gasteiger charge is -2.09. The molecule has 2 N–H and O–H groups in total. The first-order valence-electron chi connectivity index (χ1n) is 5.36. The number of anilines is 1. The van der Waals surface area contributed by atoms with E-state index in [1.165, 1.54) is 7.11 Å². The fourth-order valence-corrected chi connectivity index (χ4v) is 1.28. The second-order valence-corrected chi connectivity index (χ2v) is 3.44. The predicted molar refractivity (Wildman–Crippen MR) is 64.7 cm³/mol. The van der Waals surface area contributed by atoms with Crippen LogP contribution in [0.2, 0.25) is 0 Å². The van der Waals surface area contributed by atoms with Gasteiger partial charge in [0.05, 0.1) is 25.8 Å². The lowest BCUT2D eigenvalue weighted by Crippen LogP contribution is -2.16. The van der Waals surface area contributed by atoms with Gasteiger partial charge < -0.3 is 19.9 Å². The summed E-state index contributed by atoms with van der Waals surface area (Å²) in [6, 6.07) is 7.02. The number of carbonyl (C=O) groups excluding carboxylic acids is 1. The van der Waals surface area contributed by atoms with Gasteiger partial charge in [-0.15, -0.1) is 0 Å². The topological polar surface area (TPSA) is 84.9 Å². The summed E-state index contributed by atoms with van der Waals surface area (Å²) in [4.78, 5) is 21.7. The quantitative estimate of drug-likeness (QED) is 0.711. The number of nitrogens with one attached hydrogen (secondary N) is 1. The molecule has 0 atom stereocenters. The molecule has 1 aromatic carbocycles. The van der Waals surface area contributed by atoms with E-state index in [-0.39, 0.29) is 18.9 Å². The fourth-order valence-electron chi connectivity index (χ4n) is 1.28. The van der Waals surface area contributed by atoms with Crippen molar-refractivity contribution in [2.45, 2.75) is 6.42 Å². The summed E-state index contributed by atoms with van der Waals surface area (Å²) < 4.78 is 9.85. The third-order valence-corrected chi connectivity index (χ3v) is 2.08. The first-order valence-corrected chi connectivity index (χ1v) is 5.36. The molecule has 0 heterocycles. The van der Waals surface area contributed by atoms with E-state index in [0.29, 0.717) is 11.4 Å². The summed E-state index contributed by atoms with van der Waals surface area (Å²) in [7, 11) is 1.51. The van der Waals surface area contributed by atoms with Gasteiger partial charge in [0.2, 0.25) is 5.91 Å². The van der Waals surface area contributed by atoms with Crippen molar-refractivity contribution in [3.63, 3.8) is 0 Å². The van der Waals surface area contributed by atoms with Gasteiger partial charge in [-0.25, -0.2) is 4.79 Å². The minimum absolute atomic E-state index is 0.0628. The van der Waals surface area contributed by atoms with Crippen LogP contribution in [0.3, 0.4) is 0 Å². The van der Waals surface area contributed by atoms with Crippen molar-refractivity contribution >= 4 is 17.6 Å². The van der Waals surface area contributed by atoms with Crippen LogP contribution in [0.25, 0.3) is 0 Å². The van der Waals surface area contributed by atoms with E-state index in [4.69, 9.17) is 14.6 Å². The number of ether oxygens (including phenoxy) is 2. The van der Waals surface area contributed by atoms with E-state index in [1.807, 2.05) is 0 Å². The van der Waals surface area contributed by atoms with E-state index in [0.717, 1.165) is 0 Å². The maximum absolute atomic E-state index is 11.5. The maximum atomic E-state index is 11.5. The standard InChI is InChI=1S/C12H15NO5/c1-17-10-5-3-2-4-9(10)13-11(14)6-7-18-8-12(15)16/h2-5H,6-8H2,1H3,(H,13,14)(H,15,16). The first-order chi connectivity index (χ1) is 8.63. The summed E-state index contributed by atoms with van der Waals surface area (Å²) in [5, 5.41) is 11.0. The Labute approximate surface area is 105 Å². The summed E-state index contributed by atoms with van der Waals surface area (Å²) >= 11 is 0. The van der Waals surface area contributed by atoms with E-state index in [2.05, 4.69) is 5.32 Å². The Morgan fingerprint density at radius 2 is 2.06 bits per heavy atom. The number of hydrogen-bond donors (Lipinski definition) is 2. The van der Waals surface area contributed by atoms with Crippen molar-refractivity contribution in [1.29, 1.82) is 0 Å². The summed E-state index contributed by atoms with van der Waals surface area (Å²) in [5.74, 6) is -0.748. The molecule has 0 aliphatic rings. The van der Waals surface area contributed by atoms with Gasteiger partial charge in [0.1, 0.15) is 12.4 Å². The number of rotatable bonds is 7. The van der Waals surface area contributed by atoms with E-state index in [1.54, 1.807) is 24.3 Å². The van der Waals surface area contributed by atoms with Gasteiger partial charge in [-0.2, -0.15) is 0 Å². The van der Waals surface area contributed by atoms with Crippen LogP contribution in [0.5, 0.6) is 5.75 Å².